The van der Waals surface area contributed by atoms with Gasteiger partial charge in [0.1, 0.15) is 11.7 Å². The molecule has 94 valence electrons. The van der Waals surface area contributed by atoms with E-state index in [1.54, 1.807) is 20.8 Å². The van der Waals surface area contributed by atoms with E-state index < -0.39 is 28.3 Å². The highest BCUT2D eigenvalue weighted by atomic mass is 32.3. The second-order valence-electron chi connectivity index (χ2n) is 4.50. The number of nitrogens with zero attached hydrogens (tertiary/aromatic N) is 1. The molecule has 16 heavy (non-hydrogen) atoms. The first-order chi connectivity index (χ1) is 7.07. The minimum absolute atomic E-state index is 0.0120. The van der Waals surface area contributed by atoms with Crippen molar-refractivity contribution < 1.29 is 26.0 Å². The van der Waals surface area contributed by atoms with Gasteiger partial charge in [0, 0.05) is 0 Å². The van der Waals surface area contributed by atoms with Gasteiger partial charge in [0.25, 0.3) is 0 Å². The predicted octanol–water partition coefficient (Wildman–Crippen LogP) is 0.837. The molecule has 8 heteroatoms. The summed E-state index contributed by atoms with van der Waals surface area (Å²) >= 11 is 0. The third-order valence-corrected chi connectivity index (χ3v) is 2.25. The summed E-state index contributed by atoms with van der Waals surface area (Å²) in [4.78, 5) is 12.6. The zero-order valence-corrected chi connectivity index (χ0v) is 10.1. The minimum atomic E-state index is -4.95. The van der Waals surface area contributed by atoms with Crippen LogP contribution >= 0.6 is 0 Å². The van der Waals surface area contributed by atoms with Crippen LogP contribution in [-0.2, 0) is 19.4 Å². The van der Waals surface area contributed by atoms with Crippen molar-refractivity contribution in [2.24, 2.45) is 0 Å². The summed E-state index contributed by atoms with van der Waals surface area (Å²) in [6, 6.07) is 0. The average Bonchev–Trinajstić information content (AvgIpc) is 1.89. The number of likely N-dealkylation sites (tertiary alicyclic amines) is 1. The van der Waals surface area contributed by atoms with Crippen molar-refractivity contribution >= 4 is 16.6 Å². The van der Waals surface area contributed by atoms with Crippen LogP contribution < -0.4 is 0 Å². The number of hydrogen-bond acceptors (Lipinski definition) is 5. The topological polar surface area (TPSA) is 72.9 Å². The second kappa shape index (κ2) is 4.17. The minimum Gasteiger partial charge on any atom is -0.444 e. The zero-order valence-electron chi connectivity index (χ0n) is 9.27. The van der Waals surface area contributed by atoms with E-state index in [1.807, 2.05) is 0 Å². The molecule has 1 rings (SSSR count). The van der Waals surface area contributed by atoms with Gasteiger partial charge < -0.3 is 9.64 Å². The van der Waals surface area contributed by atoms with Gasteiger partial charge in [-0.05, 0) is 20.8 Å². The summed E-state index contributed by atoms with van der Waals surface area (Å²) in [5, 5.41) is 0. The molecule has 0 aromatic rings. The third-order valence-electron chi connectivity index (χ3n) is 1.75. The lowest BCUT2D eigenvalue weighted by molar-refractivity contribution is -0.0220. The largest absolute Gasteiger partial charge is 0.444 e. The third kappa shape index (κ3) is 4.31. The smallest absolute Gasteiger partial charge is 0.437 e. The van der Waals surface area contributed by atoms with Crippen molar-refractivity contribution in [2.45, 2.75) is 32.5 Å². The fourth-order valence-electron chi connectivity index (χ4n) is 1.14. The van der Waals surface area contributed by atoms with E-state index in [1.165, 1.54) is 4.90 Å². The molecule has 1 saturated heterocycles. The summed E-state index contributed by atoms with van der Waals surface area (Å²) in [6.45, 7) is 5.16. The Morgan fingerprint density at radius 2 is 1.88 bits per heavy atom. The van der Waals surface area contributed by atoms with Crippen LogP contribution in [0.1, 0.15) is 20.8 Å². The van der Waals surface area contributed by atoms with E-state index in [-0.39, 0.29) is 13.1 Å². The summed E-state index contributed by atoms with van der Waals surface area (Å²) in [7, 11) is -4.95. The van der Waals surface area contributed by atoms with E-state index in [9.17, 15) is 17.1 Å². The van der Waals surface area contributed by atoms with Crippen LogP contribution in [0.4, 0.5) is 8.68 Å². The molecular weight excluding hydrogens is 241 g/mol. The molecule has 1 aliphatic heterocycles. The molecule has 0 atom stereocenters. The Kier molecular flexibility index (Phi) is 3.44. The molecule has 1 aliphatic rings. The van der Waals surface area contributed by atoms with Crippen molar-refractivity contribution in [1.82, 2.24) is 4.90 Å². The van der Waals surface area contributed by atoms with Crippen LogP contribution in [0.25, 0.3) is 0 Å². The second-order valence-corrected chi connectivity index (χ2v) is 5.48. The molecule has 6 nitrogen and oxygen atoms in total. The van der Waals surface area contributed by atoms with Crippen LogP contribution in [-0.4, -0.2) is 44.2 Å². The highest BCUT2D eigenvalue weighted by Gasteiger charge is 2.37. The Hall–Kier alpha value is -0.890. The van der Waals surface area contributed by atoms with Crippen molar-refractivity contribution in [2.75, 3.05) is 13.1 Å². The number of carbonyl (C=O) groups is 1. The van der Waals surface area contributed by atoms with Crippen molar-refractivity contribution in [3.8, 4) is 0 Å². The highest BCUT2D eigenvalue weighted by molar-refractivity contribution is 7.81. The molecule has 0 bridgehead atoms. The van der Waals surface area contributed by atoms with Crippen LogP contribution in [0.5, 0.6) is 0 Å². The van der Waals surface area contributed by atoms with Crippen molar-refractivity contribution in [1.29, 1.82) is 0 Å². The molecule has 1 fully saturated rings. The molecule has 0 saturated carbocycles. The number of rotatable bonds is 2. The van der Waals surface area contributed by atoms with Gasteiger partial charge in [-0.2, -0.15) is 8.42 Å². The Balaban J connectivity index is 2.34. The molecular formula is C8H14FNO5S. The fraction of sp³-hybridized carbons (Fsp3) is 0.875. The maximum atomic E-state index is 12.1. The molecule has 0 radical (unpaired) electrons. The molecule has 1 heterocycles. The Bertz CT molecular complexity index is 368. The number of hydrogen-bond donors (Lipinski definition) is 0. The summed E-state index contributed by atoms with van der Waals surface area (Å²) < 4.78 is 41.4. The normalized spacial score (nSPS) is 18.1. The van der Waals surface area contributed by atoms with Gasteiger partial charge >= 0.3 is 16.6 Å². The van der Waals surface area contributed by atoms with E-state index in [0.717, 1.165) is 0 Å². The quantitative estimate of drug-likeness (QED) is 0.683. The molecule has 0 aromatic carbocycles. The number of ether oxygens (including phenoxy) is 1. The van der Waals surface area contributed by atoms with Crippen LogP contribution in [0.2, 0.25) is 0 Å². The maximum absolute atomic E-state index is 12.1. The number of halogens is 1. The van der Waals surface area contributed by atoms with Gasteiger partial charge in [-0.3, -0.25) is 0 Å². The maximum Gasteiger partial charge on any atom is 0.437 e. The predicted molar refractivity (Wildman–Crippen MR) is 52.7 cm³/mol. The SMILES string of the molecule is CC(C)(C)OC(=O)N1CC(OS(=O)(=O)F)C1. The standard InChI is InChI=1S/C8H14FNO5S/c1-8(2,3)14-7(11)10-4-6(5-10)15-16(9,12)13/h6H,4-5H2,1-3H3. The average molecular weight is 255 g/mol. The Morgan fingerprint density at radius 1 is 1.38 bits per heavy atom. The van der Waals surface area contributed by atoms with Crippen molar-refractivity contribution in [3.05, 3.63) is 0 Å². The van der Waals surface area contributed by atoms with Crippen LogP contribution in [0.15, 0.2) is 0 Å². The van der Waals surface area contributed by atoms with Gasteiger partial charge in [0.05, 0.1) is 13.1 Å². The molecule has 0 N–H and O–H groups in total. The Labute approximate surface area is 93.7 Å². The van der Waals surface area contributed by atoms with E-state index >= 15 is 0 Å². The van der Waals surface area contributed by atoms with Gasteiger partial charge in [0.15, 0.2) is 0 Å². The monoisotopic (exact) mass is 255 g/mol. The lowest BCUT2D eigenvalue weighted by Crippen LogP contribution is -2.56. The van der Waals surface area contributed by atoms with Gasteiger partial charge in [-0.15, -0.1) is 0 Å². The Morgan fingerprint density at radius 3 is 2.25 bits per heavy atom. The summed E-state index contributed by atoms with van der Waals surface area (Å²) in [5.41, 5.74) is -0.616. The van der Waals surface area contributed by atoms with E-state index in [4.69, 9.17) is 4.74 Å². The molecule has 0 unspecified atom stereocenters. The fourth-order valence-corrected chi connectivity index (χ4v) is 1.58. The van der Waals surface area contributed by atoms with E-state index in [2.05, 4.69) is 4.18 Å². The molecule has 0 spiro atoms. The number of amides is 1. The highest BCUT2D eigenvalue weighted by Crippen LogP contribution is 2.18. The first-order valence-corrected chi connectivity index (χ1v) is 5.98. The molecule has 0 aromatic heterocycles. The van der Waals surface area contributed by atoms with Crippen molar-refractivity contribution in [3.63, 3.8) is 0 Å². The van der Waals surface area contributed by atoms with Gasteiger partial charge in [0.2, 0.25) is 0 Å². The summed E-state index contributed by atoms with van der Waals surface area (Å²) in [5.74, 6) is 0. The number of carbonyl (C=O) groups excluding carboxylic acids is 1. The lowest BCUT2D eigenvalue weighted by Gasteiger charge is -2.38. The van der Waals surface area contributed by atoms with Crippen LogP contribution in [0, 0.1) is 0 Å². The first kappa shape index (κ1) is 13.2. The summed E-state index contributed by atoms with van der Waals surface area (Å²) in [6.07, 6.45) is -1.38. The molecule has 0 aliphatic carbocycles. The first-order valence-electron chi connectivity index (χ1n) is 4.67. The van der Waals surface area contributed by atoms with E-state index in [0.29, 0.717) is 0 Å². The van der Waals surface area contributed by atoms with Gasteiger partial charge in [-0.1, -0.05) is 3.89 Å². The lowest BCUT2D eigenvalue weighted by atomic mass is 10.2. The zero-order chi connectivity index (χ0) is 12.6. The van der Waals surface area contributed by atoms with Gasteiger partial charge in [-0.25, -0.2) is 8.98 Å². The van der Waals surface area contributed by atoms with Crippen LogP contribution in [0.3, 0.4) is 0 Å². The molecule has 1 amide bonds.